The Hall–Kier alpha value is -2.82. The average Bonchev–Trinajstić information content (AvgIpc) is 2.75. The zero-order valence-corrected chi connectivity index (χ0v) is 16.8. The number of hydrogen-bond acceptors (Lipinski definition) is 3. The van der Waals surface area contributed by atoms with Crippen molar-refractivity contribution in [1.82, 2.24) is 4.90 Å². The van der Waals surface area contributed by atoms with Crippen LogP contribution in [-0.2, 0) is 0 Å². The van der Waals surface area contributed by atoms with Crippen LogP contribution in [0, 0.1) is 0 Å². The Balaban J connectivity index is 1.91. The summed E-state index contributed by atoms with van der Waals surface area (Å²) in [6.07, 6.45) is 3.53. The topological polar surface area (TPSA) is 52.7 Å². The van der Waals surface area contributed by atoms with Gasteiger partial charge in [-0.25, -0.2) is 0 Å². The standard InChI is InChI=1S/C23H29N3O2/c1-3-25(4-2)23(28)20-17-19(24-22(27)18-11-7-5-8-12-18)13-14-21(20)26-15-9-6-10-16-26/h5,7-8,11-14,17H,3-4,6,9-10,15-16H2,1-2H3,(H,24,27). The normalized spacial score (nSPS) is 13.9. The summed E-state index contributed by atoms with van der Waals surface area (Å²) in [4.78, 5) is 29.8. The van der Waals surface area contributed by atoms with Crippen molar-refractivity contribution in [3.05, 3.63) is 59.7 Å². The van der Waals surface area contributed by atoms with E-state index in [1.165, 1.54) is 6.42 Å². The van der Waals surface area contributed by atoms with Crippen molar-refractivity contribution >= 4 is 23.2 Å². The van der Waals surface area contributed by atoms with Crippen molar-refractivity contribution in [2.24, 2.45) is 0 Å². The lowest BCUT2D eigenvalue weighted by atomic mass is 10.0. The van der Waals surface area contributed by atoms with Crippen LogP contribution in [0.25, 0.3) is 0 Å². The van der Waals surface area contributed by atoms with Crippen LogP contribution in [0.1, 0.15) is 53.8 Å². The minimum Gasteiger partial charge on any atom is -0.371 e. The van der Waals surface area contributed by atoms with Crippen molar-refractivity contribution < 1.29 is 9.59 Å². The van der Waals surface area contributed by atoms with E-state index in [1.807, 2.05) is 55.1 Å². The fraction of sp³-hybridized carbons (Fsp3) is 0.391. The molecule has 0 aliphatic carbocycles. The van der Waals surface area contributed by atoms with Crippen molar-refractivity contribution in [3.8, 4) is 0 Å². The van der Waals surface area contributed by atoms with E-state index in [1.54, 1.807) is 12.1 Å². The van der Waals surface area contributed by atoms with Crippen LogP contribution in [0.2, 0.25) is 0 Å². The second kappa shape index (κ2) is 9.40. The fourth-order valence-corrected chi connectivity index (χ4v) is 3.67. The van der Waals surface area contributed by atoms with Gasteiger partial charge in [-0.3, -0.25) is 9.59 Å². The minimum absolute atomic E-state index is 0.0152. The van der Waals surface area contributed by atoms with Gasteiger partial charge in [-0.1, -0.05) is 18.2 Å². The monoisotopic (exact) mass is 379 g/mol. The number of hydrogen-bond donors (Lipinski definition) is 1. The number of benzene rings is 2. The minimum atomic E-state index is -0.174. The van der Waals surface area contributed by atoms with E-state index in [9.17, 15) is 9.59 Å². The highest BCUT2D eigenvalue weighted by Gasteiger charge is 2.22. The molecule has 5 nitrogen and oxygen atoms in total. The molecule has 28 heavy (non-hydrogen) atoms. The summed E-state index contributed by atoms with van der Waals surface area (Å²) in [6, 6.07) is 14.8. The highest BCUT2D eigenvalue weighted by atomic mass is 16.2. The number of amides is 2. The molecule has 0 unspecified atom stereocenters. The summed E-state index contributed by atoms with van der Waals surface area (Å²) in [5.41, 5.74) is 2.87. The van der Waals surface area contributed by atoms with Gasteiger partial charge in [0.2, 0.25) is 0 Å². The van der Waals surface area contributed by atoms with Crippen LogP contribution < -0.4 is 10.2 Å². The number of carbonyl (C=O) groups excluding carboxylic acids is 2. The maximum atomic E-state index is 13.2. The average molecular weight is 380 g/mol. The summed E-state index contributed by atoms with van der Waals surface area (Å²) in [6.45, 7) is 7.24. The molecule has 0 saturated carbocycles. The Morgan fingerprint density at radius 3 is 2.29 bits per heavy atom. The number of carbonyl (C=O) groups is 2. The van der Waals surface area contributed by atoms with E-state index >= 15 is 0 Å². The van der Waals surface area contributed by atoms with Crippen LogP contribution in [0.15, 0.2) is 48.5 Å². The first-order valence-corrected chi connectivity index (χ1v) is 10.2. The zero-order chi connectivity index (χ0) is 19.9. The second-order valence-corrected chi connectivity index (χ2v) is 7.08. The molecule has 2 aromatic carbocycles. The molecule has 1 aliphatic heterocycles. The summed E-state index contributed by atoms with van der Waals surface area (Å²) in [7, 11) is 0. The van der Waals surface area contributed by atoms with Crippen LogP contribution in [-0.4, -0.2) is 42.9 Å². The predicted molar refractivity (Wildman–Crippen MR) is 114 cm³/mol. The Bertz CT molecular complexity index is 810. The molecule has 0 radical (unpaired) electrons. The lowest BCUT2D eigenvalue weighted by Crippen LogP contribution is -2.35. The van der Waals surface area contributed by atoms with Gasteiger partial charge in [0, 0.05) is 43.1 Å². The van der Waals surface area contributed by atoms with Gasteiger partial charge in [0.25, 0.3) is 11.8 Å². The van der Waals surface area contributed by atoms with Crippen molar-refractivity contribution in [3.63, 3.8) is 0 Å². The van der Waals surface area contributed by atoms with Crippen LogP contribution in [0.5, 0.6) is 0 Å². The maximum Gasteiger partial charge on any atom is 0.256 e. The number of rotatable bonds is 6. The van der Waals surface area contributed by atoms with Crippen LogP contribution in [0.4, 0.5) is 11.4 Å². The van der Waals surface area contributed by atoms with Gasteiger partial charge in [-0.05, 0) is 63.4 Å². The largest absolute Gasteiger partial charge is 0.371 e. The van der Waals surface area contributed by atoms with E-state index in [2.05, 4.69) is 10.2 Å². The molecule has 1 aliphatic rings. The lowest BCUT2D eigenvalue weighted by molar-refractivity contribution is 0.0773. The third kappa shape index (κ3) is 4.53. The van der Waals surface area contributed by atoms with Gasteiger partial charge in [-0.15, -0.1) is 0 Å². The molecule has 2 amide bonds. The number of piperidine rings is 1. The molecule has 2 aromatic rings. The Morgan fingerprint density at radius 2 is 1.64 bits per heavy atom. The number of anilines is 2. The molecule has 0 spiro atoms. The van der Waals surface area contributed by atoms with Crippen LogP contribution in [0.3, 0.4) is 0 Å². The summed E-state index contributed by atoms with van der Waals surface area (Å²) in [5, 5.41) is 2.93. The first-order valence-electron chi connectivity index (χ1n) is 10.2. The van der Waals surface area contributed by atoms with Crippen molar-refractivity contribution in [2.45, 2.75) is 33.1 Å². The quantitative estimate of drug-likeness (QED) is 0.809. The molecule has 3 rings (SSSR count). The molecule has 1 saturated heterocycles. The first kappa shape index (κ1) is 19.9. The molecule has 5 heteroatoms. The predicted octanol–water partition coefficient (Wildman–Crippen LogP) is 4.41. The second-order valence-electron chi connectivity index (χ2n) is 7.08. The van der Waals surface area contributed by atoms with Gasteiger partial charge >= 0.3 is 0 Å². The molecule has 1 N–H and O–H groups in total. The number of nitrogens with one attached hydrogen (secondary N) is 1. The highest BCUT2D eigenvalue weighted by molar-refractivity contribution is 6.06. The Labute approximate surface area is 167 Å². The van der Waals surface area contributed by atoms with Crippen LogP contribution >= 0.6 is 0 Å². The van der Waals surface area contributed by atoms with Crippen molar-refractivity contribution in [1.29, 1.82) is 0 Å². The smallest absolute Gasteiger partial charge is 0.256 e. The summed E-state index contributed by atoms with van der Waals surface area (Å²) < 4.78 is 0. The fourth-order valence-electron chi connectivity index (χ4n) is 3.67. The molecule has 148 valence electrons. The van der Waals surface area contributed by atoms with Gasteiger partial charge in [0.15, 0.2) is 0 Å². The SMILES string of the molecule is CCN(CC)C(=O)c1cc(NC(=O)c2ccccc2)ccc1N1CCCCC1. The van der Waals surface area contributed by atoms with Gasteiger partial charge in [0.05, 0.1) is 5.56 Å². The third-order valence-corrected chi connectivity index (χ3v) is 5.27. The van der Waals surface area contributed by atoms with E-state index in [0.29, 0.717) is 29.9 Å². The Morgan fingerprint density at radius 1 is 0.964 bits per heavy atom. The van der Waals surface area contributed by atoms with E-state index in [-0.39, 0.29) is 11.8 Å². The molecule has 0 aromatic heterocycles. The summed E-state index contributed by atoms with van der Waals surface area (Å²) in [5.74, 6) is -0.158. The molecular formula is C23H29N3O2. The number of nitrogens with zero attached hydrogens (tertiary/aromatic N) is 2. The third-order valence-electron chi connectivity index (χ3n) is 5.27. The van der Waals surface area contributed by atoms with E-state index in [0.717, 1.165) is 31.6 Å². The van der Waals surface area contributed by atoms with Gasteiger partial charge in [-0.2, -0.15) is 0 Å². The van der Waals surface area contributed by atoms with Gasteiger partial charge in [0.1, 0.15) is 0 Å². The summed E-state index contributed by atoms with van der Waals surface area (Å²) >= 11 is 0. The van der Waals surface area contributed by atoms with E-state index in [4.69, 9.17) is 0 Å². The molecule has 1 fully saturated rings. The zero-order valence-electron chi connectivity index (χ0n) is 16.8. The lowest BCUT2D eigenvalue weighted by Gasteiger charge is -2.31. The van der Waals surface area contributed by atoms with E-state index < -0.39 is 0 Å². The molecule has 0 atom stereocenters. The Kier molecular flexibility index (Phi) is 6.69. The highest BCUT2D eigenvalue weighted by Crippen LogP contribution is 2.28. The first-order chi connectivity index (χ1) is 13.6. The molecule has 0 bridgehead atoms. The molecular weight excluding hydrogens is 350 g/mol. The van der Waals surface area contributed by atoms with Gasteiger partial charge < -0.3 is 15.1 Å². The molecule has 1 heterocycles. The maximum absolute atomic E-state index is 13.2. The van der Waals surface area contributed by atoms with Crippen molar-refractivity contribution in [2.75, 3.05) is 36.4 Å².